The number of nitrogens with zero attached hydrogens (tertiary/aromatic N) is 1. The fourth-order valence-corrected chi connectivity index (χ4v) is 1.45. The standard InChI is InChI=1S/C7H13NO4/c1-5-6(9)3-2-4-7(5)12-8(10)11/h5-7,9H,1-4H2,(H,10,11)/q+1/t5-,6-,7-/m1/s1. The van der Waals surface area contributed by atoms with E-state index in [1.54, 1.807) is 0 Å². The number of rotatable bonds is 2. The van der Waals surface area contributed by atoms with Crippen molar-refractivity contribution in [2.75, 3.05) is 0 Å². The number of aliphatic hydroxyl groups is 1. The van der Waals surface area contributed by atoms with E-state index in [4.69, 9.17) is 5.21 Å². The summed E-state index contributed by atoms with van der Waals surface area (Å²) >= 11 is 0. The molecule has 0 aliphatic heterocycles. The first-order valence-corrected chi connectivity index (χ1v) is 3.95. The maximum absolute atomic E-state index is 10.1. The zero-order chi connectivity index (χ0) is 9.14. The average Bonchev–Trinajstić information content (AvgIpc) is 1.98. The summed E-state index contributed by atoms with van der Waals surface area (Å²) in [7, 11) is 0. The van der Waals surface area contributed by atoms with Crippen LogP contribution in [0.2, 0.25) is 0 Å². The Hall–Kier alpha value is -0.840. The molecule has 0 aromatic heterocycles. The first-order chi connectivity index (χ1) is 5.61. The Kier molecular flexibility index (Phi) is 2.86. The lowest BCUT2D eigenvalue weighted by Crippen LogP contribution is -2.37. The van der Waals surface area contributed by atoms with Crippen molar-refractivity contribution < 1.29 is 20.2 Å². The molecule has 3 atom stereocenters. The molecule has 1 fully saturated rings. The maximum atomic E-state index is 10.1. The van der Waals surface area contributed by atoms with Gasteiger partial charge in [0.25, 0.3) is 0 Å². The second-order valence-corrected chi connectivity index (χ2v) is 3.04. The van der Waals surface area contributed by atoms with Crippen molar-refractivity contribution in [2.24, 2.45) is 5.92 Å². The molecule has 2 N–H and O–H groups in total. The fraction of sp³-hybridized carbons (Fsp3) is 0.857. The monoisotopic (exact) mass is 175 g/mol. The minimum absolute atomic E-state index is 0.345. The highest BCUT2D eigenvalue weighted by Crippen LogP contribution is 2.26. The van der Waals surface area contributed by atoms with Gasteiger partial charge in [-0.1, -0.05) is 0 Å². The lowest BCUT2D eigenvalue weighted by atomic mass is 9.85. The number of hydrogen-bond donors (Lipinski definition) is 2. The van der Waals surface area contributed by atoms with Gasteiger partial charge in [-0.2, -0.15) is 4.84 Å². The van der Waals surface area contributed by atoms with Crippen LogP contribution in [0.5, 0.6) is 0 Å². The molecule has 1 radical (unpaired) electrons. The molecule has 0 spiro atoms. The number of aliphatic hydroxyl groups excluding tert-OH is 1. The summed E-state index contributed by atoms with van der Waals surface area (Å²) in [4.78, 5) is 14.6. The lowest BCUT2D eigenvalue weighted by Gasteiger charge is -2.27. The highest BCUT2D eigenvalue weighted by Gasteiger charge is 2.34. The Bertz CT molecular complexity index is 173. The maximum Gasteiger partial charge on any atom is 0.475 e. The predicted molar refractivity (Wildman–Crippen MR) is 39.0 cm³/mol. The van der Waals surface area contributed by atoms with Crippen LogP contribution in [-0.2, 0) is 4.84 Å². The quantitative estimate of drug-likeness (QED) is 0.598. The van der Waals surface area contributed by atoms with Crippen LogP contribution < -0.4 is 0 Å². The van der Waals surface area contributed by atoms with Crippen LogP contribution >= 0.6 is 0 Å². The van der Waals surface area contributed by atoms with Gasteiger partial charge in [-0.15, -0.1) is 0 Å². The molecule has 0 unspecified atom stereocenters. The summed E-state index contributed by atoms with van der Waals surface area (Å²) in [6, 6.07) is 0. The highest BCUT2D eigenvalue weighted by atomic mass is 17.0. The Labute approximate surface area is 70.4 Å². The smallest absolute Gasteiger partial charge is 0.393 e. The highest BCUT2D eigenvalue weighted by molar-refractivity contribution is 4.83. The fourth-order valence-electron chi connectivity index (χ4n) is 1.45. The van der Waals surface area contributed by atoms with E-state index in [-0.39, 0.29) is 5.92 Å². The second-order valence-electron chi connectivity index (χ2n) is 3.04. The van der Waals surface area contributed by atoms with Gasteiger partial charge in [0.2, 0.25) is 0 Å². The van der Waals surface area contributed by atoms with Gasteiger partial charge < -0.3 is 5.11 Å². The summed E-state index contributed by atoms with van der Waals surface area (Å²) in [5, 5.41) is 17.0. The minimum Gasteiger partial charge on any atom is -0.393 e. The SMILES string of the molecule is [CH2][C@@H]1[C@H](O)CCC[C@H]1O[N+](=O)O. The van der Waals surface area contributed by atoms with E-state index in [0.29, 0.717) is 12.8 Å². The third kappa shape index (κ3) is 2.07. The van der Waals surface area contributed by atoms with E-state index in [1.165, 1.54) is 0 Å². The molecular weight excluding hydrogens is 162 g/mol. The van der Waals surface area contributed by atoms with E-state index in [1.807, 2.05) is 0 Å². The van der Waals surface area contributed by atoms with E-state index < -0.39 is 17.3 Å². The predicted octanol–water partition coefficient (Wildman–Crippen LogP) is 0.450. The van der Waals surface area contributed by atoms with Crippen molar-refractivity contribution >= 4 is 0 Å². The van der Waals surface area contributed by atoms with Gasteiger partial charge in [0.1, 0.15) is 4.91 Å². The molecule has 12 heavy (non-hydrogen) atoms. The Balaban J connectivity index is 2.46. The lowest BCUT2D eigenvalue weighted by molar-refractivity contribution is -0.982. The first kappa shape index (κ1) is 9.25. The molecule has 0 amide bonds. The second kappa shape index (κ2) is 3.71. The number of hydrogen-bond acceptors (Lipinski definition) is 3. The van der Waals surface area contributed by atoms with Crippen LogP contribution in [0.25, 0.3) is 0 Å². The molecule has 0 bridgehead atoms. The Morgan fingerprint density at radius 1 is 1.50 bits per heavy atom. The molecule has 0 aromatic rings. The van der Waals surface area contributed by atoms with Crippen LogP contribution in [0, 0.1) is 17.7 Å². The normalized spacial score (nSPS) is 36.0. The van der Waals surface area contributed by atoms with Crippen molar-refractivity contribution in [3.8, 4) is 0 Å². The topological polar surface area (TPSA) is 69.8 Å². The van der Waals surface area contributed by atoms with Crippen molar-refractivity contribution in [1.29, 1.82) is 0 Å². The van der Waals surface area contributed by atoms with Crippen molar-refractivity contribution in [3.05, 3.63) is 11.8 Å². The molecule has 69 valence electrons. The van der Waals surface area contributed by atoms with Crippen LogP contribution in [0.15, 0.2) is 0 Å². The van der Waals surface area contributed by atoms with Crippen LogP contribution in [0.3, 0.4) is 0 Å². The molecule has 0 heterocycles. The molecule has 1 aliphatic carbocycles. The van der Waals surface area contributed by atoms with E-state index in [2.05, 4.69) is 11.8 Å². The molecular formula is C7H13NO4+. The summed E-state index contributed by atoms with van der Waals surface area (Å²) in [5.74, 6) is -0.345. The van der Waals surface area contributed by atoms with Gasteiger partial charge in [0.05, 0.1) is 6.10 Å². The summed E-state index contributed by atoms with van der Waals surface area (Å²) < 4.78 is 0. The van der Waals surface area contributed by atoms with Gasteiger partial charge in [-0.3, -0.25) is 0 Å². The zero-order valence-corrected chi connectivity index (χ0v) is 6.72. The van der Waals surface area contributed by atoms with E-state index in [9.17, 15) is 10.0 Å². The van der Waals surface area contributed by atoms with Crippen molar-refractivity contribution in [1.82, 2.24) is 0 Å². The van der Waals surface area contributed by atoms with Gasteiger partial charge in [-0.25, -0.2) is 5.21 Å². The van der Waals surface area contributed by atoms with E-state index in [0.717, 1.165) is 6.42 Å². The molecule has 5 heteroatoms. The largest absolute Gasteiger partial charge is 0.475 e. The third-order valence-electron chi connectivity index (χ3n) is 2.19. The summed E-state index contributed by atoms with van der Waals surface area (Å²) in [6.45, 7) is 3.66. The van der Waals surface area contributed by atoms with Crippen molar-refractivity contribution in [3.63, 3.8) is 0 Å². The van der Waals surface area contributed by atoms with Gasteiger partial charge in [0, 0.05) is 5.92 Å². The Morgan fingerprint density at radius 2 is 2.17 bits per heavy atom. The van der Waals surface area contributed by atoms with Gasteiger partial charge in [-0.05, 0) is 26.2 Å². The van der Waals surface area contributed by atoms with Gasteiger partial charge >= 0.3 is 5.09 Å². The molecule has 1 rings (SSSR count). The Morgan fingerprint density at radius 3 is 2.75 bits per heavy atom. The van der Waals surface area contributed by atoms with Crippen LogP contribution in [0.4, 0.5) is 0 Å². The van der Waals surface area contributed by atoms with Gasteiger partial charge in [0.15, 0.2) is 6.10 Å². The molecule has 0 aromatic carbocycles. The zero-order valence-electron chi connectivity index (χ0n) is 6.72. The van der Waals surface area contributed by atoms with Crippen LogP contribution in [0.1, 0.15) is 19.3 Å². The van der Waals surface area contributed by atoms with E-state index >= 15 is 0 Å². The molecule has 1 aliphatic rings. The summed E-state index contributed by atoms with van der Waals surface area (Å²) in [5.41, 5.74) is 0. The third-order valence-corrected chi connectivity index (χ3v) is 2.19. The average molecular weight is 175 g/mol. The molecule has 1 saturated carbocycles. The first-order valence-electron chi connectivity index (χ1n) is 3.95. The van der Waals surface area contributed by atoms with Crippen LogP contribution in [-0.4, -0.2) is 27.6 Å². The summed E-state index contributed by atoms with van der Waals surface area (Å²) in [6.07, 6.45) is 1.09. The molecule has 0 saturated heterocycles. The minimum atomic E-state index is -0.569. The molecule has 5 nitrogen and oxygen atoms in total. The van der Waals surface area contributed by atoms with Crippen molar-refractivity contribution in [2.45, 2.75) is 31.5 Å².